The van der Waals surface area contributed by atoms with Gasteiger partial charge >= 0.3 is 12.1 Å². The quantitative estimate of drug-likeness (QED) is 0.828. The number of hydrogen-bond acceptors (Lipinski definition) is 3. The molecule has 3 nitrogen and oxygen atoms in total. The summed E-state index contributed by atoms with van der Waals surface area (Å²) in [7, 11) is 0. The molecule has 1 rings (SSSR count). The van der Waals surface area contributed by atoms with Gasteiger partial charge < -0.3 is 10.1 Å². The van der Waals surface area contributed by atoms with E-state index >= 15 is 0 Å². The Morgan fingerprint density at radius 2 is 1.89 bits per heavy atom. The summed E-state index contributed by atoms with van der Waals surface area (Å²) in [6, 6.07) is 4.64. The summed E-state index contributed by atoms with van der Waals surface area (Å²) in [6.45, 7) is 2.35. The maximum absolute atomic E-state index is 12.3. The zero-order chi connectivity index (χ0) is 13.6. The minimum Gasteiger partial charge on any atom is -0.466 e. The Morgan fingerprint density at radius 3 is 2.39 bits per heavy atom. The maximum Gasteiger partial charge on any atom is 0.416 e. The molecule has 100 valence electrons. The van der Waals surface area contributed by atoms with Crippen LogP contribution >= 0.6 is 0 Å². The fourth-order valence-corrected chi connectivity index (χ4v) is 1.32. The van der Waals surface area contributed by atoms with E-state index in [2.05, 4.69) is 5.32 Å². The molecule has 0 spiro atoms. The fourth-order valence-electron chi connectivity index (χ4n) is 1.32. The van der Waals surface area contributed by atoms with Crippen LogP contribution in [0.15, 0.2) is 24.3 Å². The molecule has 18 heavy (non-hydrogen) atoms. The minimum absolute atomic E-state index is 0.175. The first-order chi connectivity index (χ1) is 8.43. The Hall–Kier alpha value is -1.72. The van der Waals surface area contributed by atoms with Crippen LogP contribution in [0.3, 0.4) is 0 Å². The Morgan fingerprint density at radius 1 is 1.28 bits per heavy atom. The summed E-state index contributed by atoms with van der Waals surface area (Å²) in [5, 5.41) is 2.84. The lowest BCUT2D eigenvalue weighted by molar-refractivity contribution is -0.142. The SMILES string of the molecule is CCOC(=O)CCNc1ccc(C(F)(F)F)cc1. The number of anilines is 1. The van der Waals surface area contributed by atoms with E-state index < -0.39 is 11.7 Å². The third-order valence-electron chi connectivity index (χ3n) is 2.18. The van der Waals surface area contributed by atoms with Crippen molar-refractivity contribution >= 4 is 11.7 Å². The van der Waals surface area contributed by atoms with Crippen molar-refractivity contribution in [1.82, 2.24) is 0 Å². The molecular formula is C12H14F3NO2. The first-order valence-corrected chi connectivity index (χ1v) is 5.50. The molecule has 0 radical (unpaired) electrons. The lowest BCUT2D eigenvalue weighted by atomic mass is 10.2. The van der Waals surface area contributed by atoms with Crippen LogP contribution in [0.2, 0.25) is 0 Å². The van der Waals surface area contributed by atoms with Crippen molar-refractivity contribution < 1.29 is 22.7 Å². The predicted molar refractivity (Wildman–Crippen MR) is 61.2 cm³/mol. The topological polar surface area (TPSA) is 38.3 Å². The van der Waals surface area contributed by atoms with Gasteiger partial charge in [-0.05, 0) is 31.2 Å². The van der Waals surface area contributed by atoms with Crippen LogP contribution in [-0.4, -0.2) is 19.1 Å². The number of alkyl halides is 3. The van der Waals surface area contributed by atoms with Crippen molar-refractivity contribution in [3.8, 4) is 0 Å². The molecule has 0 atom stereocenters. The third-order valence-corrected chi connectivity index (χ3v) is 2.18. The van der Waals surface area contributed by atoms with Gasteiger partial charge in [0.15, 0.2) is 0 Å². The molecule has 0 heterocycles. The summed E-state index contributed by atoms with van der Waals surface area (Å²) in [6.07, 6.45) is -4.15. The number of rotatable bonds is 5. The summed E-state index contributed by atoms with van der Waals surface area (Å²) in [4.78, 5) is 11.0. The number of hydrogen-bond donors (Lipinski definition) is 1. The molecule has 1 N–H and O–H groups in total. The number of esters is 1. The average molecular weight is 261 g/mol. The molecular weight excluding hydrogens is 247 g/mol. The summed E-state index contributed by atoms with van der Waals surface area (Å²) >= 11 is 0. The van der Waals surface area contributed by atoms with Gasteiger partial charge in [0.1, 0.15) is 0 Å². The molecule has 1 aromatic carbocycles. The van der Waals surface area contributed by atoms with E-state index in [0.717, 1.165) is 12.1 Å². The highest BCUT2D eigenvalue weighted by molar-refractivity contribution is 5.70. The molecule has 0 aliphatic carbocycles. The van der Waals surface area contributed by atoms with Gasteiger partial charge in [0.05, 0.1) is 18.6 Å². The number of carbonyl (C=O) groups is 1. The maximum atomic E-state index is 12.3. The van der Waals surface area contributed by atoms with E-state index in [0.29, 0.717) is 18.8 Å². The molecule has 0 aliphatic heterocycles. The highest BCUT2D eigenvalue weighted by Gasteiger charge is 2.29. The van der Waals surface area contributed by atoms with Gasteiger partial charge in [0, 0.05) is 12.2 Å². The molecule has 0 fully saturated rings. The zero-order valence-electron chi connectivity index (χ0n) is 9.88. The van der Waals surface area contributed by atoms with E-state index in [-0.39, 0.29) is 12.4 Å². The van der Waals surface area contributed by atoms with Gasteiger partial charge in [-0.1, -0.05) is 0 Å². The third kappa shape index (κ3) is 4.65. The van der Waals surface area contributed by atoms with E-state index in [1.54, 1.807) is 6.92 Å². The lowest BCUT2D eigenvalue weighted by Gasteiger charge is -2.09. The summed E-state index contributed by atoms with van der Waals surface area (Å²) in [5.41, 5.74) is -0.161. The van der Waals surface area contributed by atoms with Crippen molar-refractivity contribution in [2.24, 2.45) is 0 Å². The molecule has 0 bridgehead atoms. The summed E-state index contributed by atoms with van der Waals surface area (Å²) in [5.74, 6) is -0.336. The van der Waals surface area contributed by atoms with Crippen LogP contribution in [0, 0.1) is 0 Å². The van der Waals surface area contributed by atoms with E-state index in [1.165, 1.54) is 12.1 Å². The number of benzene rings is 1. The predicted octanol–water partition coefficient (Wildman–Crippen LogP) is 3.07. The molecule has 0 amide bonds. The van der Waals surface area contributed by atoms with Crippen molar-refractivity contribution in [3.63, 3.8) is 0 Å². The molecule has 6 heteroatoms. The van der Waals surface area contributed by atoms with Crippen LogP contribution in [0.4, 0.5) is 18.9 Å². The van der Waals surface area contributed by atoms with Crippen molar-refractivity contribution in [2.45, 2.75) is 19.5 Å². The van der Waals surface area contributed by atoms with Crippen LogP contribution in [0.1, 0.15) is 18.9 Å². The Balaban J connectivity index is 2.42. The largest absolute Gasteiger partial charge is 0.466 e. The van der Waals surface area contributed by atoms with E-state index in [4.69, 9.17) is 4.74 Å². The van der Waals surface area contributed by atoms with Crippen molar-refractivity contribution in [1.29, 1.82) is 0 Å². The number of ether oxygens (including phenoxy) is 1. The van der Waals surface area contributed by atoms with Gasteiger partial charge in [0.2, 0.25) is 0 Å². The molecule has 0 unspecified atom stereocenters. The number of halogens is 3. The van der Waals surface area contributed by atoms with Gasteiger partial charge in [-0.3, -0.25) is 4.79 Å². The number of nitrogens with one attached hydrogen (secondary N) is 1. The van der Waals surface area contributed by atoms with Gasteiger partial charge in [-0.15, -0.1) is 0 Å². The van der Waals surface area contributed by atoms with E-state index in [1.807, 2.05) is 0 Å². The molecule has 0 saturated carbocycles. The van der Waals surface area contributed by atoms with Crippen molar-refractivity contribution in [2.75, 3.05) is 18.5 Å². The van der Waals surface area contributed by atoms with Crippen LogP contribution in [-0.2, 0) is 15.7 Å². The number of carbonyl (C=O) groups excluding carboxylic acids is 1. The van der Waals surface area contributed by atoms with Gasteiger partial charge in [-0.2, -0.15) is 13.2 Å². The highest BCUT2D eigenvalue weighted by atomic mass is 19.4. The van der Waals surface area contributed by atoms with Crippen molar-refractivity contribution in [3.05, 3.63) is 29.8 Å². The lowest BCUT2D eigenvalue weighted by Crippen LogP contribution is -2.11. The fraction of sp³-hybridized carbons (Fsp3) is 0.417. The average Bonchev–Trinajstić information content (AvgIpc) is 2.29. The minimum atomic E-state index is -4.33. The first-order valence-electron chi connectivity index (χ1n) is 5.50. The monoisotopic (exact) mass is 261 g/mol. The van der Waals surface area contributed by atoms with Crippen LogP contribution in [0.25, 0.3) is 0 Å². The Kier molecular flexibility index (Phi) is 5.00. The second-order valence-corrected chi connectivity index (χ2v) is 3.56. The second-order valence-electron chi connectivity index (χ2n) is 3.56. The second kappa shape index (κ2) is 6.28. The van der Waals surface area contributed by atoms with Gasteiger partial charge in [-0.25, -0.2) is 0 Å². The van der Waals surface area contributed by atoms with E-state index in [9.17, 15) is 18.0 Å². The standard InChI is InChI=1S/C12H14F3NO2/c1-2-18-11(17)7-8-16-10-5-3-9(4-6-10)12(13,14)15/h3-6,16H,2,7-8H2,1H3. The smallest absolute Gasteiger partial charge is 0.416 e. The summed E-state index contributed by atoms with van der Waals surface area (Å²) < 4.78 is 41.6. The molecule has 0 saturated heterocycles. The van der Waals surface area contributed by atoms with Gasteiger partial charge in [0.25, 0.3) is 0 Å². The molecule has 0 aromatic heterocycles. The zero-order valence-corrected chi connectivity index (χ0v) is 9.88. The highest BCUT2D eigenvalue weighted by Crippen LogP contribution is 2.29. The normalized spacial score (nSPS) is 11.1. The molecule has 0 aliphatic rings. The van der Waals surface area contributed by atoms with Crippen LogP contribution in [0.5, 0.6) is 0 Å². The Bertz CT molecular complexity index is 387. The Labute approximate surface area is 103 Å². The molecule has 1 aromatic rings. The first kappa shape index (κ1) is 14.3. The van der Waals surface area contributed by atoms with Crippen LogP contribution < -0.4 is 5.32 Å².